The van der Waals surface area contributed by atoms with Gasteiger partial charge in [-0.2, -0.15) is 5.26 Å². The summed E-state index contributed by atoms with van der Waals surface area (Å²) in [6.07, 6.45) is 2.16. The van der Waals surface area contributed by atoms with Crippen LogP contribution in [-0.4, -0.2) is 4.98 Å². The summed E-state index contributed by atoms with van der Waals surface area (Å²) < 4.78 is 5.68. The molecule has 0 bridgehead atoms. The van der Waals surface area contributed by atoms with Crippen LogP contribution in [0.1, 0.15) is 15.4 Å². The summed E-state index contributed by atoms with van der Waals surface area (Å²) in [5.74, 6) is 0.879. The number of aromatic nitrogens is 1. The minimum absolute atomic E-state index is 0.419. The van der Waals surface area contributed by atoms with E-state index in [0.717, 1.165) is 21.2 Å². The summed E-state index contributed by atoms with van der Waals surface area (Å²) in [5, 5.41) is 9.47. The zero-order chi connectivity index (χ0) is 12.1. The quantitative estimate of drug-likeness (QED) is 0.830. The first-order valence-electron chi connectivity index (χ1n) is 5.28. The van der Waals surface area contributed by atoms with Crippen molar-refractivity contribution in [3.05, 3.63) is 45.9 Å². The molecule has 0 aliphatic heterocycles. The summed E-state index contributed by atoms with van der Waals surface area (Å²) >= 11 is 1.52. The lowest BCUT2D eigenvalue weighted by Crippen LogP contribution is -1.95. The van der Waals surface area contributed by atoms with Crippen LogP contribution in [0.25, 0.3) is 0 Å². The maximum atomic E-state index is 8.57. The molecule has 0 fully saturated rings. The van der Waals surface area contributed by atoms with Gasteiger partial charge in [0.05, 0.1) is 12.5 Å². The average molecular weight is 244 g/mol. The third-order valence-corrected chi connectivity index (χ3v) is 3.27. The van der Waals surface area contributed by atoms with Gasteiger partial charge in [0.1, 0.15) is 17.4 Å². The first-order valence-corrected chi connectivity index (χ1v) is 6.10. The molecular weight excluding hydrogens is 232 g/mol. The molecule has 2 rings (SSSR count). The zero-order valence-corrected chi connectivity index (χ0v) is 10.3. The van der Waals surface area contributed by atoms with Gasteiger partial charge in [-0.05, 0) is 18.6 Å². The molecule has 1 aromatic carbocycles. The highest BCUT2D eigenvalue weighted by atomic mass is 32.1. The molecule has 0 aliphatic carbocycles. The minimum Gasteiger partial charge on any atom is -0.486 e. The van der Waals surface area contributed by atoms with E-state index in [-0.39, 0.29) is 0 Å². The summed E-state index contributed by atoms with van der Waals surface area (Å²) in [6.45, 7) is 2.47. The number of nitriles is 1. The smallest absolute Gasteiger partial charge is 0.140 e. The van der Waals surface area contributed by atoms with Crippen LogP contribution in [-0.2, 0) is 13.0 Å². The van der Waals surface area contributed by atoms with Crippen LogP contribution < -0.4 is 4.74 Å². The Morgan fingerprint density at radius 3 is 3.00 bits per heavy atom. The number of para-hydroxylation sites is 1. The average Bonchev–Trinajstić information content (AvgIpc) is 2.76. The van der Waals surface area contributed by atoms with Crippen molar-refractivity contribution in [2.24, 2.45) is 0 Å². The normalized spacial score (nSPS) is 9.88. The van der Waals surface area contributed by atoms with E-state index in [1.54, 1.807) is 6.20 Å². The Kier molecular flexibility index (Phi) is 3.73. The first kappa shape index (κ1) is 11.6. The number of ether oxygens (including phenoxy) is 1. The molecule has 0 spiro atoms. The molecular formula is C13H12N2OS. The molecule has 0 unspecified atom stereocenters. The van der Waals surface area contributed by atoms with Gasteiger partial charge in [0.15, 0.2) is 0 Å². The highest BCUT2D eigenvalue weighted by Crippen LogP contribution is 2.20. The molecule has 4 heteroatoms. The number of thiazole rings is 1. The molecule has 3 nitrogen and oxygen atoms in total. The maximum Gasteiger partial charge on any atom is 0.140 e. The topological polar surface area (TPSA) is 45.9 Å². The molecule has 2 aromatic rings. The van der Waals surface area contributed by atoms with Crippen molar-refractivity contribution in [2.45, 2.75) is 20.0 Å². The Balaban J connectivity index is 1.98. The van der Waals surface area contributed by atoms with Gasteiger partial charge in [-0.25, -0.2) is 4.98 Å². The van der Waals surface area contributed by atoms with Crippen LogP contribution in [0.4, 0.5) is 0 Å². The molecule has 0 atom stereocenters. The van der Waals surface area contributed by atoms with Crippen LogP contribution in [0.2, 0.25) is 0 Å². The zero-order valence-electron chi connectivity index (χ0n) is 9.51. The van der Waals surface area contributed by atoms with Gasteiger partial charge in [0.2, 0.25) is 0 Å². The van der Waals surface area contributed by atoms with Crippen LogP contribution in [0.5, 0.6) is 5.75 Å². The van der Waals surface area contributed by atoms with Gasteiger partial charge in [0, 0.05) is 11.1 Å². The number of benzene rings is 1. The van der Waals surface area contributed by atoms with Crippen LogP contribution in [0, 0.1) is 18.3 Å². The van der Waals surface area contributed by atoms with Crippen molar-refractivity contribution < 1.29 is 4.74 Å². The third kappa shape index (κ3) is 3.05. The second-order valence-electron chi connectivity index (χ2n) is 3.61. The molecule has 0 aliphatic rings. The van der Waals surface area contributed by atoms with Crippen molar-refractivity contribution in [1.82, 2.24) is 4.98 Å². The molecule has 86 valence electrons. The molecule has 1 heterocycles. The Labute approximate surface area is 104 Å². The summed E-state index contributed by atoms with van der Waals surface area (Å²) in [6, 6.07) is 10.00. The van der Waals surface area contributed by atoms with Crippen LogP contribution in [0.3, 0.4) is 0 Å². The highest BCUT2D eigenvalue weighted by molar-refractivity contribution is 7.11. The molecule has 0 saturated carbocycles. The van der Waals surface area contributed by atoms with Crippen molar-refractivity contribution in [3.8, 4) is 11.8 Å². The largest absolute Gasteiger partial charge is 0.486 e. The number of hydrogen-bond acceptors (Lipinski definition) is 4. The van der Waals surface area contributed by atoms with E-state index in [9.17, 15) is 0 Å². The Bertz CT molecular complexity index is 542. The van der Waals surface area contributed by atoms with E-state index in [0.29, 0.717) is 13.0 Å². The molecule has 0 saturated heterocycles. The fourth-order valence-electron chi connectivity index (χ4n) is 1.43. The predicted molar refractivity (Wildman–Crippen MR) is 66.9 cm³/mol. The third-order valence-electron chi connectivity index (χ3n) is 2.30. The van der Waals surface area contributed by atoms with E-state index in [1.807, 2.05) is 31.2 Å². The lowest BCUT2D eigenvalue weighted by Gasteiger charge is -2.06. The minimum atomic E-state index is 0.419. The van der Waals surface area contributed by atoms with E-state index in [2.05, 4.69) is 11.1 Å². The second kappa shape index (κ2) is 5.46. The van der Waals surface area contributed by atoms with Gasteiger partial charge < -0.3 is 4.74 Å². The number of rotatable bonds is 4. The van der Waals surface area contributed by atoms with Gasteiger partial charge in [-0.15, -0.1) is 11.3 Å². The Morgan fingerprint density at radius 1 is 1.41 bits per heavy atom. The number of hydrogen-bond donors (Lipinski definition) is 0. The molecule has 0 radical (unpaired) electrons. The van der Waals surface area contributed by atoms with Crippen LogP contribution in [0.15, 0.2) is 30.5 Å². The van der Waals surface area contributed by atoms with E-state index in [4.69, 9.17) is 10.00 Å². The van der Waals surface area contributed by atoms with Crippen molar-refractivity contribution in [1.29, 1.82) is 5.26 Å². The standard InChI is InChI=1S/C13H12N2OS/c1-10-4-2-3-5-12(10)16-9-13-15-8-11(17-13)6-7-14/h2-5,8H,6,9H2,1H3. The lowest BCUT2D eigenvalue weighted by atomic mass is 10.2. The van der Waals surface area contributed by atoms with Gasteiger partial charge in [0.25, 0.3) is 0 Å². The Morgan fingerprint density at radius 2 is 2.24 bits per heavy atom. The fourth-order valence-corrected chi connectivity index (χ4v) is 2.20. The fraction of sp³-hybridized carbons (Fsp3) is 0.231. The van der Waals surface area contributed by atoms with Gasteiger partial charge in [-0.3, -0.25) is 0 Å². The van der Waals surface area contributed by atoms with Crippen LogP contribution >= 0.6 is 11.3 Å². The summed E-state index contributed by atoms with van der Waals surface area (Å²) in [7, 11) is 0. The molecule has 0 amide bonds. The summed E-state index contributed by atoms with van der Waals surface area (Å²) in [5.41, 5.74) is 1.11. The molecule has 0 N–H and O–H groups in total. The predicted octanol–water partition coefficient (Wildman–Crippen LogP) is 3.10. The summed E-state index contributed by atoms with van der Waals surface area (Å²) in [4.78, 5) is 5.20. The first-order chi connectivity index (χ1) is 8.29. The monoisotopic (exact) mass is 244 g/mol. The lowest BCUT2D eigenvalue weighted by molar-refractivity contribution is 0.303. The molecule has 1 aromatic heterocycles. The number of nitrogens with zero attached hydrogens (tertiary/aromatic N) is 2. The highest BCUT2D eigenvalue weighted by Gasteiger charge is 2.03. The Hall–Kier alpha value is -1.86. The van der Waals surface area contributed by atoms with Crippen molar-refractivity contribution in [2.75, 3.05) is 0 Å². The van der Waals surface area contributed by atoms with Gasteiger partial charge >= 0.3 is 0 Å². The number of aryl methyl sites for hydroxylation is 1. The molecule has 17 heavy (non-hydrogen) atoms. The second-order valence-corrected chi connectivity index (χ2v) is 4.81. The van der Waals surface area contributed by atoms with Crippen molar-refractivity contribution in [3.63, 3.8) is 0 Å². The van der Waals surface area contributed by atoms with E-state index in [1.165, 1.54) is 11.3 Å². The SMILES string of the molecule is Cc1ccccc1OCc1ncc(CC#N)s1. The van der Waals surface area contributed by atoms with E-state index >= 15 is 0 Å². The van der Waals surface area contributed by atoms with E-state index < -0.39 is 0 Å². The maximum absolute atomic E-state index is 8.57. The van der Waals surface area contributed by atoms with Crippen molar-refractivity contribution >= 4 is 11.3 Å². The van der Waals surface area contributed by atoms with Gasteiger partial charge in [-0.1, -0.05) is 18.2 Å².